The number of nitrogens with zero attached hydrogens (tertiary/aromatic N) is 3. The average molecular weight is 562 g/mol. The molecule has 1 saturated heterocycles. The largest absolute Gasteiger partial charge is 0.357 e. The molecule has 3 heterocycles. The van der Waals surface area contributed by atoms with Gasteiger partial charge in [-0.3, -0.25) is 14.6 Å². The predicted octanol–water partition coefficient (Wildman–Crippen LogP) is 2.99. The minimum Gasteiger partial charge on any atom is -0.357 e. The molecule has 1 fully saturated rings. The van der Waals surface area contributed by atoms with Gasteiger partial charge in [-0.25, -0.2) is 0 Å². The number of carbonyl (C=O) groups excluding carboxylic acids is 2. The number of hydrogen-bond acceptors (Lipinski definition) is 4. The van der Waals surface area contributed by atoms with Crippen LogP contribution in [0.2, 0.25) is 0 Å². The van der Waals surface area contributed by atoms with E-state index in [4.69, 9.17) is 0 Å². The summed E-state index contributed by atoms with van der Waals surface area (Å²) < 4.78 is 0. The number of amides is 2. The van der Waals surface area contributed by atoms with Gasteiger partial charge in [0, 0.05) is 63.5 Å². The van der Waals surface area contributed by atoms with Crippen molar-refractivity contribution in [2.45, 2.75) is 58.4 Å². The Labute approximate surface area is 207 Å². The van der Waals surface area contributed by atoms with Crippen molar-refractivity contribution in [3.05, 3.63) is 21.9 Å². The SMILES string of the molecule is CCNC(=NCCCN1CCCCCC1=O)NCCC(=O)N1CCc2sccc2C1.I. The second-order valence-electron chi connectivity index (χ2n) is 7.92. The molecule has 0 bridgehead atoms. The first-order valence-electron chi connectivity index (χ1n) is 11.3. The molecule has 0 atom stereocenters. The van der Waals surface area contributed by atoms with Crippen molar-refractivity contribution < 1.29 is 9.59 Å². The summed E-state index contributed by atoms with van der Waals surface area (Å²) in [5.41, 5.74) is 1.30. The minimum absolute atomic E-state index is 0. The molecule has 174 valence electrons. The summed E-state index contributed by atoms with van der Waals surface area (Å²) >= 11 is 1.79. The van der Waals surface area contributed by atoms with E-state index in [0.29, 0.717) is 25.9 Å². The zero-order valence-electron chi connectivity index (χ0n) is 18.5. The molecule has 0 radical (unpaired) electrons. The highest BCUT2D eigenvalue weighted by Crippen LogP contribution is 2.24. The number of fused-ring (bicyclic) bond motifs is 1. The van der Waals surface area contributed by atoms with Crippen LogP contribution >= 0.6 is 35.3 Å². The maximum atomic E-state index is 12.6. The number of aliphatic imine (C=N–C) groups is 1. The maximum absolute atomic E-state index is 12.6. The highest BCUT2D eigenvalue weighted by Gasteiger charge is 2.21. The first-order valence-corrected chi connectivity index (χ1v) is 12.2. The number of halogens is 1. The molecule has 2 N–H and O–H groups in total. The van der Waals surface area contributed by atoms with Crippen LogP contribution in [0, 0.1) is 0 Å². The Morgan fingerprint density at radius 1 is 1.19 bits per heavy atom. The van der Waals surface area contributed by atoms with Gasteiger partial charge in [0.05, 0.1) is 0 Å². The van der Waals surface area contributed by atoms with Gasteiger partial charge in [0.25, 0.3) is 0 Å². The van der Waals surface area contributed by atoms with Gasteiger partial charge in [-0.05, 0) is 49.6 Å². The van der Waals surface area contributed by atoms with Crippen LogP contribution < -0.4 is 10.6 Å². The van der Waals surface area contributed by atoms with E-state index < -0.39 is 0 Å². The van der Waals surface area contributed by atoms with Crippen molar-refractivity contribution in [1.82, 2.24) is 20.4 Å². The van der Waals surface area contributed by atoms with Crippen molar-refractivity contribution in [3.8, 4) is 0 Å². The van der Waals surface area contributed by atoms with E-state index in [-0.39, 0.29) is 35.8 Å². The first-order chi connectivity index (χ1) is 14.7. The molecular formula is C22H36IN5O2S. The summed E-state index contributed by atoms with van der Waals surface area (Å²) in [6.07, 6.45) is 6.26. The van der Waals surface area contributed by atoms with E-state index in [2.05, 4.69) is 27.1 Å². The van der Waals surface area contributed by atoms with Crippen molar-refractivity contribution in [2.75, 3.05) is 39.3 Å². The number of hydrogen-bond donors (Lipinski definition) is 2. The van der Waals surface area contributed by atoms with Gasteiger partial charge in [0.15, 0.2) is 5.96 Å². The van der Waals surface area contributed by atoms with Gasteiger partial charge in [0.1, 0.15) is 0 Å². The van der Waals surface area contributed by atoms with Gasteiger partial charge >= 0.3 is 0 Å². The standard InChI is InChI=1S/C22H35N5O2S.HI/c1-2-23-22(24-11-6-14-26-13-5-3-4-7-20(26)28)25-12-8-21(29)27-15-9-19-18(17-27)10-16-30-19;/h10,16H,2-9,11-15,17H2,1H3,(H2,23,24,25);1H. The molecule has 1 aromatic rings. The Morgan fingerprint density at radius 2 is 2.06 bits per heavy atom. The normalized spacial score (nSPS) is 16.9. The third-order valence-electron chi connectivity index (χ3n) is 5.66. The molecule has 0 saturated carbocycles. The van der Waals surface area contributed by atoms with Crippen molar-refractivity contribution in [1.29, 1.82) is 0 Å². The Bertz CT molecular complexity index is 739. The fraction of sp³-hybridized carbons (Fsp3) is 0.682. The van der Waals surface area contributed by atoms with E-state index in [1.54, 1.807) is 11.3 Å². The van der Waals surface area contributed by atoms with Crippen LogP contribution in [-0.2, 0) is 22.6 Å². The van der Waals surface area contributed by atoms with Crippen molar-refractivity contribution in [3.63, 3.8) is 0 Å². The van der Waals surface area contributed by atoms with Crippen LogP contribution in [0.3, 0.4) is 0 Å². The molecule has 0 unspecified atom stereocenters. The fourth-order valence-corrected chi connectivity index (χ4v) is 4.87. The Balaban J connectivity index is 0.00000341. The smallest absolute Gasteiger partial charge is 0.224 e. The summed E-state index contributed by atoms with van der Waals surface area (Å²) in [7, 11) is 0. The van der Waals surface area contributed by atoms with Gasteiger partial charge in [-0.2, -0.15) is 0 Å². The van der Waals surface area contributed by atoms with E-state index in [1.807, 2.05) is 16.7 Å². The van der Waals surface area contributed by atoms with Crippen LogP contribution in [-0.4, -0.2) is 66.8 Å². The monoisotopic (exact) mass is 561 g/mol. The average Bonchev–Trinajstić information content (AvgIpc) is 3.12. The second kappa shape index (κ2) is 13.9. The molecule has 2 aliphatic rings. The molecule has 9 heteroatoms. The van der Waals surface area contributed by atoms with Gasteiger partial charge in [0.2, 0.25) is 11.8 Å². The molecule has 2 amide bonds. The third kappa shape index (κ3) is 8.25. The van der Waals surface area contributed by atoms with Crippen LogP contribution in [0.15, 0.2) is 16.4 Å². The molecule has 2 aliphatic heterocycles. The molecule has 0 aromatic carbocycles. The van der Waals surface area contributed by atoms with Gasteiger partial charge in [-0.1, -0.05) is 6.42 Å². The van der Waals surface area contributed by atoms with Crippen LogP contribution in [0.4, 0.5) is 0 Å². The highest BCUT2D eigenvalue weighted by molar-refractivity contribution is 14.0. The number of guanidine groups is 1. The molecule has 0 aliphatic carbocycles. The van der Waals surface area contributed by atoms with E-state index in [9.17, 15) is 9.59 Å². The molecule has 0 spiro atoms. The molecule has 1 aromatic heterocycles. The molecule has 3 rings (SSSR count). The summed E-state index contributed by atoms with van der Waals surface area (Å²) in [5.74, 6) is 1.22. The van der Waals surface area contributed by atoms with Crippen molar-refractivity contribution in [2.24, 2.45) is 4.99 Å². The fourth-order valence-electron chi connectivity index (χ4n) is 3.98. The van der Waals surface area contributed by atoms with E-state index in [1.165, 1.54) is 10.4 Å². The lowest BCUT2D eigenvalue weighted by atomic mass is 10.1. The lowest BCUT2D eigenvalue weighted by Crippen LogP contribution is -2.41. The van der Waals surface area contributed by atoms with Crippen LogP contribution in [0.25, 0.3) is 0 Å². The maximum Gasteiger partial charge on any atom is 0.224 e. The Hall–Kier alpha value is -1.36. The number of nitrogens with one attached hydrogen (secondary N) is 2. The zero-order chi connectivity index (χ0) is 21.2. The van der Waals surface area contributed by atoms with Crippen LogP contribution in [0.5, 0.6) is 0 Å². The molecule has 31 heavy (non-hydrogen) atoms. The van der Waals surface area contributed by atoms with Crippen LogP contribution in [0.1, 0.15) is 55.9 Å². The summed E-state index contributed by atoms with van der Waals surface area (Å²) in [5, 5.41) is 8.63. The number of rotatable bonds is 8. The van der Waals surface area contributed by atoms with Gasteiger partial charge in [-0.15, -0.1) is 35.3 Å². The summed E-state index contributed by atoms with van der Waals surface area (Å²) in [4.78, 5) is 34.6. The summed E-state index contributed by atoms with van der Waals surface area (Å²) in [6, 6.07) is 2.13. The summed E-state index contributed by atoms with van der Waals surface area (Å²) in [6.45, 7) is 7.26. The molecular weight excluding hydrogens is 525 g/mol. The third-order valence-corrected chi connectivity index (χ3v) is 6.69. The van der Waals surface area contributed by atoms with E-state index in [0.717, 1.165) is 70.8 Å². The lowest BCUT2D eigenvalue weighted by Gasteiger charge is -2.27. The predicted molar refractivity (Wildman–Crippen MR) is 137 cm³/mol. The Kier molecular flexibility index (Phi) is 11.6. The minimum atomic E-state index is 0. The lowest BCUT2D eigenvalue weighted by molar-refractivity contribution is -0.132. The second-order valence-corrected chi connectivity index (χ2v) is 8.92. The first kappa shape index (κ1) is 25.9. The number of thiophene rings is 1. The number of likely N-dealkylation sites (tertiary alicyclic amines) is 1. The van der Waals surface area contributed by atoms with E-state index >= 15 is 0 Å². The molecule has 7 nitrogen and oxygen atoms in total. The van der Waals surface area contributed by atoms with Gasteiger partial charge < -0.3 is 20.4 Å². The topological polar surface area (TPSA) is 77.0 Å². The highest BCUT2D eigenvalue weighted by atomic mass is 127. The number of carbonyl (C=O) groups is 2. The zero-order valence-corrected chi connectivity index (χ0v) is 21.7. The Morgan fingerprint density at radius 3 is 2.90 bits per heavy atom. The van der Waals surface area contributed by atoms with Crippen molar-refractivity contribution >= 4 is 53.1 Å². The quantitative estimate of drug-likeness (QED) is 0.222.